The van der Waals surface area contributed by atoms with E-state index in [0.717, 1.165) is 16.1 Å². The molecule has 0 aliphatic carbocycles. The van der Waals surface area contributed by atoms with Crippen LogP contribution in [-0.2, 0) is 14.8 Å². The maximum atomic E-state index is 11.6. The van der Waals surface area contributed by atoms with Crippen LogP contribution in [0.1, 0.15) is 5.56 Å². The molecule has 0 saturated heterocycles. The average molecular weight is 257 g/mol. The monoisotopic (exact) mass is 257 g/mol. The van der Waals surface area contributed by atoms with Gasteiger partial charge in [-0.05, 0) is 18.6 Å². The molecule has 7 heteroatoms. The number of carbonyl (C=O) groups is 1. The van der Waals surface area contributed by atoms with Crippen molar-refractivity contribution in [2.75, 3.05) is 25.2 Å². The molecule has 17 heavy (non-hydrogen) atoms. The van der Waals surface area contributed by atoms with E-state index in [2.05, 4.69) is 10.3 Å². The smallest absolute Gasteiger partial charge is 0.240 e. The van der Waals surface area contributed by atoms with Crippen LogP contribution >= 0.6 is 0 Å². The number of nitrogens with one attached hydrogen (secondary N) is 1. The van der Waals surface area contributed by atoms with Crippen LogP contribution in [0.15, 0.2) is 18.3 Å². The van der Waals surface area contributed by atoms with E-state index in [1.165, 1.54) is 7.05 Å². The van der Waals surface area contributed by atoms with E-state index in [1.807, 2.05) is 13.0 Å². The maximum absolute atomic E-state index is 11.6. The molecule has 1 aromatic rings. The molecule has 0 saturated carbocycles. The molecule has 0 fully saturated rings. The largest absolute Gasteiger partial charge is 0.309 e. The van der Waals surface area contributed by atoms with Crippen LogP contribution in [0.2, 0.25) is 0 Å². The number of aromatic nitrogens is 1. The third-order valence-corrected chi connectivity index (χ3v) is 3.46. The zero-order valence-corrected chi connectivity index (χ0v) is 10.8. The normalized spacial score (nSPS) is 11.5. The molecule has 1 rings (SSSR count). The summed E-state index contributed by atoms with van der Waals surface area (Å²) in [5, 5.41) is 2.56. The van der Waals surface area contributed by atoms with Crippen molar-refractivity contribution in [1.82, 2.24) is 9.29 Å². The number of amides is 1. The first-order chi connectivity index (χ1) is 7.80. The first-order valence-electron chi connectivity index (χ1n) is 4.93. The Kier molecular flexibility index (Phi) is 4.19. The first-order valence-corrected chi connectivity index (χ1v) is 6.78. The number of nitrogens with zero attached hydrogens (tertiary/aromatic N) is 2. The molecular weight excluding hydrogens is 242 g/mol. The van der Waals surface area contributed by atoms with Crippen LogP contribution in [0.4, 0.5) is 5.82 Å². The Hall–Kier alpha value is -1.47. The van der Waals surface area contributed by atoms with E-state index < -0.39 is 15.9 Å². The lowest BCUT2D eigenvalue weighted by atomic mass is 10.3. The van der Waals surface area contributed by atoms with Gasteiger partial charge in [0.1, 0.15) is 5.82 Å². The predicted molar refractivity (Wildman–Crippen MR) is 65.1 cm³/mol. The van der Waals surface area contributed by atoms with E-state index in [4.69, 9.17) is 0 Å². The minimum absolute atomic E-state index is 0.227. The minimum Gasteiger partial charge on any atom is -0.309 e. The number of hydrogen-bond donors (Lipinski definition) is 1. The Morgan fingerprint density at radius 1 is 1.53 bits per heavy atom. The topological polar surface area (TPSA) is 79.4 Å². The summed E-state index contributed by atoms with van der Waals surface area (Å²) in [5.74, 6) is 0.0270. The molecule has 0 aliphatic heterocycles. The fourth-order valence-electron chi connectivity index (χ4n) is 1.11. The number of aryl methyl sites for hydroxylation is 1. The molecule has 0 atom stereocenters. The van der Waals surface area contributed by atoms with Crippen LogP contribution in [0, 0.1) is 6.92 Å². The third kappa shape index (κ3) is 4.12. The van der Waals surface area contributed by atoms with Crippen LogP contribution < -0.4 is 5.32 Å². The standard InChI is InChI=1S/C10H15N3O3S/c1-8-5-4-6-11-10(8)12-9(14)7-13(2)17(3,15)16/h4-6H,7H2,1-3H3,(H,11,12,14). The average Bonchev–Trinajstić information content (AvgIpc) is 2.20. The van der Waals surface area contributed by atoms with Gasteiger partial charge in [0.2, 0.25) is 15.9 Å². The Morgan fingerprint density at radius 3 is 2.71 bits per heavy atom. The van der Waals surface area contributed by atoms with Crippen molar-refractivity contribution in [3.8, 4) is 0 Å². The molecule has 6 nitrogen and oxygen atoms in total. The van der Waals surface area contributed by atoms with E-state index >= 15 is 0 Å². The molecule has 0 aliphatic rings. The van der Waals surface area contributed by atoms with Crippen LogP contribution in [0.25, 0.3) is 0 Å². The highest BCUT2D eigenvalue weighted by Gasteiger charge is 2.15. The molecule has 1 amide bonds. The number of carbonyl (C=O) groups excluding carboxylic acids is 1. The van der Waals surface area contributed by atoms with Crippen molar-refractivity contribution >= 4 is 21.7 Å². The van der Waals surface area contributed by atoms with Gasteiger partial charge in [0.15, 0.2) is 0 Å². The minimum atomic E-state index is -3.35. The van der Waals surface area contributed by atoms with Crippen LogP contribution in [0.5, 0.6) is 0 Å². The van der Waals surface area contributed by atoms with Crippen molar-refractivity contribution in [3.05, 3.63) is 23.9 Å². The lowest BCUT2D eigenvalue weighted by Crippen LogP contribution is -2.34. The van der Waals surface area contributed by atoms with E-state index in [1.54, 1.807) is 12.3 Å². The molecule has 0 spiro atoms. The Labute approximate surface area is 101 Å². The van der Waals surface area contributed by atoms with Gasteiger partial charge in [-0.3, -0.25) is 4.79 Å². The molecule has 94 valence electrons. The summed E-state index contributed by atoms with van der Waals surface area (Å²) in [6.07, 6.45) is 2.61. The highest BCUT2D eigenvalue weighted by Crippen LogP contribution is 2.08. The SMILES string of the molecule is Cc1cccnc1NC(=O)CN(C)S(C)(=O)=O. The first kappa shape index (κ1) is 13.6. The number of likely N-dealkylation sites (N-methyl/N-ethyl adjacent to an activating group) is 1. The molecule has 1 aromatic heterocycles. The molecule has 0 unspecified atom stereocenters. The molecule has 0 radical (unpaired) electrons. The molecule has 0 aromatic carbocycles. The highest BCUT2D eigenvalue weighted by molar-refractivity contribution is 7.88. The summed E-state index contributed by atoms with van der Waals surface area (Å²) >= 11 is 0. The van der Waals surface area contributed by atoms with E-state index in [9.17, 15) is 13.2 Å². The maximum Gasteiger partial charge on any atom is 0.240 e. The summed E-state index contributed by atoms with van der Waals surface area (Å²) in [5.41, 5.74) is 0.822. The van der Waals surface area contributed by atoms with Crippen molar-refractivity contribution in [3.63, 3.8) is 0 Å². The zero-order valence-electron chi connectivity index (χ0n) is 9.97. The summed E-state index contributed by atoms with van der Waals surface area (Å²) in [6, 6.07) is 3.57. The van der Waals surface area contributed by atoms with Crippen molar-refractivity contribution in [1.29, 1.82) is 0 Å². The van der Waals surface area contributed by atoms with Crippen molar-refractivity contribution in [2.24, 2.45) is 0 Å². The lowest BCUT2D eigenvalue weighted by Gasteiger charge is -2.13. The Balaban J connectivity index is 2.66. The summed E-state index contributed by atoms with van der Waals surface area (Å²) in [6.45, 7) is 1.58. The number of rotatable bonds is 4. The number of hydrogen-bond acceptors (Lipinski definition) is 4. The van der Waals surface area contributed by atoms with Crippen LogP contribution in [-0.4, -0.2) is 43.5 Å². The fraction of sp³-hybridized carbons (Fsp3) is 0.400. The van der Waals surface area contributed by atoms with Gasteiger partial charge in [0, 0.05) is 13.2 Å². The molecular formula is C10H15N3O3S. The quantitative estimate of drug-likeness (QED) is 0.836. The number of pyridine rings is 1. The van der Waals surface area contributed by atoms with Gasteiger partial charge in [0.05, 0.1) is 12.8 Å². The van der Waals surface area contributed by atoms with Crippen LogP contribution in [0.3, 0.4) is 0 Å². The van der Waals surface area contributed by atoms with Crippen molar-refractivity contribution in [2.45, 2.75) is 6.92 Å². The zero-order chi connectivity index (χ0) is 13.1. The number of sulfonamides is 1. The van der Waals surface area contributed by atoms with Gasteiger partial charge in [0.25, 0.3) is 0 Å². The number of anilines is 1. The Bertz CT molecular complexity index is 513. The van der Waals surface area contributed by atoms with Gasteiger partial charge < -0.3 is 5.32 Å². The molecule has 0 bridgehead atoms. The van der Waals surface area contributed by atoms with Crippen molar-refractivity contribution < 1.29 is 13.2 Å². The Morgan fingerprint density at radius 2 is 2.18 bits per heavy atom. The second-order valence-electron chi connectivity index (χ2n) is 3.74. The second-order valence-corrected chi connectivity index (χ2v) is 5.83. The van der Waals surface area contributed by atoms with Gasteiger partial charge in [-0.1, -0.05) is 6.07 Å². The van der Waals surface area contributed by atoms with Gasteiger partial charge >= 0.3 is 0 Å². The molecule has 1 N–H and O–H groups in total. The third-order valence-electron chi connectivity index (χ3n) is 2.20. The van der Waals surface area contributed by atoms with E-state index in [-0.39, 0.29) is 6.54 Å². The fourth-order valence-corrected chi connectivity index (χ4v) is 1.46. The summed E-state index contributed by atoms with van der Waals surface area (Å²) < 4.78 is 23.2. The molecule has 1 heterocycles. The summed E-state index contributed by atoms with van der Waals surface area (Å²) in [7, 11) is -2.00. The van der Waals surface area contributed by atoms with E-state index in [0.29, 0.717) is 5.82 Å². The van der Waals surface area contributed by atoms with Gasteiger partial charge in [-0.15, -0.1) is 0 Å². The highest BCUT2D eigenvalue weighted by atomic mass is 32.2. The van der Waals surface area contributed by atoms with Gasteiger partial charge in [-0.25, -0.2) is 13.4 Å². The summed E-state index contributed by atoms with van der Waals surface area (Å²) in [4.78, 5) is 15.6. The van der Waals surface area contributed by atoms with Gasteiger partial charge in [-0.2, -0.15) is 4.31 Å². The second kappa shape index (κ2) is 5.24. The lowest BCUT2D eigenvalue weighted by molar-refractivity contribution is -0.116. The predicted octanol–water partition coefficient (Wildman–Crippen LogP) is 0.220.